The van der Waals surface area contributed by atoms with Crippen LogP contribution in [0, 0.1) is 11.8 Å². The zero-order chi connectivity index (χ0) is 28.6. The molecule has 39 heavy (non-hydrogen) atoms. The maximum atomic E-state index is 13.6. The van der Waals surface area contributed by atoms with Gasteiger partial charge in [-0.2, -0.15) is 0 Å². The Morgan fingerprint density at radius 1 is 1.13 bits per heavy atom. The molecule has 5 N–H and O–H groups in total. The van der Waals surface area contributed by atoms with Crippen LogP contribution in [-0.2, 0) is 31.8 Å². The molecule has 13 heteroatoms. The molecule has 3 rings (SSSR count). The first-order valence-corrected chi connectivity index (χ1v) is 14.5. The van der Waals surface area contributed by atoms with Crippen LogP contribution in [0.5, 0.6) is 0 Å². The number of carbonyl (C=O) groups excluding carboxylic acids is 2. The van der Waals surface area contributed by atoms with E-state index in [2.05, 4.69) is 25.8 Å². The number of hydrogen-bond donors (Lipinski definition) is 5. The second-order valence-electron chi connectivity index (χ2n) is 9.91. The molecule has 0 radical (unpaired) electrons. The number of aromatic nitrogens is 3. The number of imidazole rings is 1. The summed E-state index contributed by atoms with van der Waals surface area (Å²) in [5, 5.41) is 19.0. The highest BCUT2D eigenvalue weighted by Gasteiger charge is 2.39. The number of carboxylic acid groups (broad SMARTS) is 1. The van der Waals surface area contributed by atoms with Crippen molar-refractivity contribution >= 4 is 25.2 Å². The predicted molar refractivity (Wildman–Crippen MR) is 143 cm³/mol. The molecule has 0 aliphatic carbocycles. The van der Waals surface area contributed by atoms with Gasteiger partial charge in [-0.1, -0.05) is 49.3 Å². The maximum Gasteiger partial charge on any atom is 0.307 e. The van der Waals surface area contributed by atoms with Crippen LogP contribution in [0.3, 0.4) is 0 Å². The van der Waals surface area contributed by atoms with E-state index in [4.69, 9.17) is 4.52 Å². The largest absolute Gasteiger partial charge is 0.481 e. The van der Waals surface area contributed by atoms with Crippen molar-refractivity contribution in [2.24, 2.45) is 11.8 Å². The van der Waals surface area contributed by atoms with Gasteiger partial charge in [-0.05, 0) is 12.3 Å². The molecule has 0 bridgehead atoms. The Morgan fingerprint density at radius 2 is 1.85 bits per heavy atom. The first-order chi connectivity index (χ1) is 18.4. The molecule has 2 heterocycles. The number of hydrogen-bond acceptors (Lipinski definition) is 7. The third-order valence-corrected chi connectivity index (χ3v) is 8.35. The SMILES string of the molecule is CC(=O)N[C@@H](Cc1cnc[nH]1)C(=O)N[C@H](CC(C)C)P(=O)(O)C[C@@H](Cc1cc(-c2ccccc2)no1)C(=O)O. The summed E-state index contributed by atoms with van der Waals surface area (Å²) in [5.74, 6) is -4.69. The third-order valence-electron chi connectivity index (χ3n) is 6.07. The lowest BCUT2D eigenvalue weighted by Crippen LogP contribution is -2.50. The van der Waals surface area contributed by atoms with Crippen LogP contribution >= 0.6 is 7.37 Å². The smallest absolute Gasteiger partial charge is 0.307 e. The van der Waals surface area contributed by atoms with Crippen LogP contribution in [0.25, 0.3) is 11.3 Å². The van der Waals surface area contributed by atoms with Gasteiger partial charge in [0.15, 0.2) is 0 Å². The Balaban J connectivity index is 1.76. The van der Waals surface area contributed by atoms with Crippen molar-refractivity contribution in [1.29, 1.82) is 0 Å². The Bertz CT molecular complexity index is 1290. The van der Waals surface area contributed by atoms with Gasteiger partial charge >= 0.3 is 5.97 Å². The third kappa shape index (κ3) is 8.90. The minimum Gasteiger partial charge on any atom is -0.481 e. The summed E-state index contributed by atoms with van der Waals surface area (Å²) in [6.07, 6.45) is 2.41. The Hall–Kier alpha value is -3.76. The molecule has 2 aromatic heterocycles. The van der Waals surface area contributed by atoms with Crippen molar-refractivity contribution in [1.82, 2.24) is 25.8 Å². The minimum atomic E-state index is -4.26. The van der Waals surface area contributed by atoms with Gasteiger partial charge in [-0.25, -0.2) is 4.98 Å². The molecule has 4 atom stereocenters. The van der Waals surface area contributed by atoms with Crippen LogP contribution in [0.1, 0.15) is 38.6 Å². The second kappa shape index (κ2) is 13.3. The van der Waals surface area contributed by atoms with Crippen molar-refractivity contribution in [3.8, 4) is 11.3 Å². The topological polar surface area (TPSA) is 188 Å². The normalized spacial score (nSPS) is 15.2. The van der Waals surface area contributed by atoms with E-state index in [9.17, 15) is 28.9 Å². The number of aliphatic carboxylic acids is 1. The minimum absolute atomic E-state index is 0.0858. The van der Waals surface area contributed by atoms with Gasteiger partial charge in [-0.3, -0.25) is 18.9 Å². The predicted octanol–water partition coefficient (Wildman–Crippen LogP) is 2.81. The fourth-order valence-electron chi connectivity index (χ4n) is 4.18. The maximum absolute atomic E-state index is 13.6. The summed E-state index contributed by atoms with van der Waals surface area (Å²) in [4.78, 5) is 54.9. The molecule has 0 saturated carbocycles. The molecule has 210 valence electrons. The quantitative estimate of drug-likeness (QED) is 0.185. The number of nitrogens with zero attached hydrogens (tertiary/aromatic N) is 2. The summed E-state index contributed by atoms with van der Waals surface area (Å²) >= 11 is 0. The molecular weight excluding hydrogens is 525 g/mol. The van der Waals surface area contributed by atoms with E-state index in [1.807, 2.05) is 44.2 Å². The van der Waals surface area contributed by atoms with Crippen molar-refractivity contribution in [3.63, 3.8) is 0 Å². The van der Waals surface area contributed by atoms with Gasteiger partial charge < -0.3 is 30.1 Å². The number of nitrogens with one attached hydrogen (secondary N) is 3. The van der Waals surface area contributed by atoms with Crippen molar-refractivity contribution < 1.29 is 33.5 Å². The van der Waals surface area contributed by atoms with E-state index in [0.717, 1.165) is 5.56 Å². The van der Waals surface area contributed by atoms with E-state index in [1.165, 1.54) is 19.4 Å². The average Bonchev–Trinajstić information content (AvgIpc) is 3.55. The number of amides is 2. The molecule has 2 amide bonds. The van der Waals surface area contributed by atoms with Crippen LogP contribution in [0.2, 0.25) is 0 Å². The molecule has 0 aliphatic rings. The Labute approximate surface area is 226 Å². The molecule has 0 aliphatic heterocycles. The summed E-state index contributed by atoms with van der Waals surface area (Å²) < 4.78 is 18.9. The summed E-state index contributed by atoms with van der Waals surface area (Å²) in [6, 6.07) is 9.76. The number of benzene rings is 1. The monoisotopic (exact) mass is 559 g/mol. The average molecular weight is 560 g/mol. The molecule has 0 fully saturated rings. The van der Waals surface area contributed by atoms with E-state index >= 15 is 0 Å². The lowest BCUT2D eigenvalue weighted by atomic mass is 10.1. The Kier molecular flexibility index (Phi) is 10.2. The molecule has 1 unspecified atom stereocenters. The van der Waals surface area contributed by atoms with Gasteiger partial charge in [0, 0.05) is 49.4 Å². The van der Waals surface area contributed by atoms with E-state index in [1.54, 1.807) is 6.07 Å². The molecule has 3 aromatic rings. The van der Waals surface area contributed by atoms with E-state index in [-0.39, 0.29) is 30.9 Å². The number of H-pyrrole nitrogens is 1. The molecular formula is C26H34N5O7P. The van der Waals surface area contributed by atoms with Gasteiger partial charge in [0.1, 0.15) is 23.3 Å². The fraction of sp³-hybridized carbons (Fsp3) is 0.423. The van der Waals surface area contributed by atoms with Gasteiger partial charge in [-0.15, -0.1) is 0 Å². The molecule has 12 nitrogen and oxygen atoms in total. The molecule has 0 spiro atoms. The number of carbonyl (C=O) groups is 3. The lowest BCUT2D eigenvalue weighted by Gasteiger charge is -2.29. The number of aromatic amines is 1. The highest BCUT2D eigenvalue weighted by atomic mass is 31.2. The van der Waals surface area contributed by atoms with Gasteiger partial charge in [0.05, 0.1) is 12.2 Å². The van der Waals surface area contributed by atoms with Crippen molar-refractivity contribution in [2.45, 2.75) is 51.9 Å². The first-order valence-electron chi connectivity index (χ1n) is 12.5. The summed E-state index contributed by atoms with van der Waals surface area (Å²) in [5.41, 5.74) is 1.90. The van der Waals surface area contributed by atoms with E-state index in [0.29, 0.717) is 11.4 Å². The van der Waals surface area contributed by atoms with Crippen molar-refractivity contribution in [3.05, 3.63) is 60.4 Å². The standard InChI is InChI=1S/C26H34N5O7P/c1-16(2)9-24(30-25(33)23(29-17(3)32)11-20-13-27-15-28-20)39(36,37)14-19(26(34)35)10-21-12-22(31-38-21)18-7-5-4-6-8-18/h4-8,12-13,15-16,19,23-24H,9-11,14H2,1-3H3,(H,27,28)(H,29,32)(H,30,33)(H,34,35)(H,36,37)/t19-,23+,24+/m1/s1. The molecule has 0 saturated heterocycles. The number of rotatable bonds is 14. The summed E-state index contributed by atoms with van der Waals surface area (Å²) in [6.45, 7) is 4.91. The van der Waals surface area contributed by atoms with E-state index < -0.39 is 49.1 Å². The van der Waals surface area contributed by atoms with Gasteiger partial charge in [0.2, 0.25) is 19.2 Å². The molecule has 1 aromatic carbocycles. The van der Waals surface area contributed by atoms with Crippen molar-refractivity contribution in [2.75, 3.05) is 6.16 Å². The second-order valence-corrected chi connectivity index (χ2v) is 12.4. The van der Waals surface area contributed by atoms with Crippen LogP contribution in [-0.4, -0.2) is 60.9 Å². The summed E-state index contributed by atoms with van der Waals surface area (Å²) in [7, 11) is -4.26. The lowest BCUT2D eigenvalue weighted by molar-refractivity contribution is -0.141. The zero-order valence-electron chi connectivity index (χ0n) is 22.0. The fourth-order valence-corrected chi connectivity index (χ4v) is 6.43. The van der Waals surface area contributed by atoms with Crippen LogP contribution in [0.15, 0.2) is 53.4 Å². The van der Waals surface area contributed by atoms with Gasteiger partial charge in [0.25, 0.3) is 0 Å². The highest BCUT2D eigenvalue weighted by Crippen LogP contribution is 2.49. The zero-order valence-corrected chi connectivity index (χ0v) is 22.9. The number of carboxylic acids is 1. The first kappa shape index (κ1) is 29.8. The van der Waals surface area contributed by atoms with Crippen LogP contribution < -0.4 is 10.6 Å². The Morgan fingerprint density at radius 3 is 2.44 bits per heavy atom. The highest BCUT2D eigenvalue weighted by molar-refractivity contribution is 7.58. The van der Waals surface area contributed by atoms with Crippen LogP contribution in [0.4, 0.5) is 0 Å².